The van der Waals surface area contributed by atoms with Gasteiger partial charge in [-0.05, 0) is 18.2 Å². The highest BCUT2D eigenvalue weighted by Gasteiger charge is 2.02. The Balaban J connectivity index is 2.87. The van der Waals surface area contributed by atoms with E-state index < -0.39 is 17.9 Å². The number of methoxy groups -OCH3 is 1. The maximum absolute atomic E-state index is 12.9. The first-order valence-corrected chi connectivity index (χ1v) is 3.71. The molecule has 1 aromatic rings. The van der Waals surface area contributed by atoms with Crippen molar-refractivity contribution in [1.82, 2.24) is 4.98 Å². The van der Waals surface area contributed by atoms with Crippen LogP contribution in [0.15, 0.2) is 18.2 Å². The van der Waals surface area contributed by atoms with Gasteiger partial charge in [0.05, 0.1) is 7.11 Å². The fourth-order valence-electron chi connectivity index (χ4n) is 0.773. The highest BCUT2D eigenvalue weighted by molar-refractivity contribution is 5.86. The van der Waals surface area contributed by atoms with Crippen LogP contribution in [-0.4, -0.2) is 18.1 Å². The molecule has 0 radical (unpaired) electrons. The molecule has 0 aliphatic heterocycles. The summed E-state index contributed by atoms with van der Waals surface area (Å²) in [6.45, 7) is 0. The fraction of sp³-hybridized carbons (Fsp3) is 0.111. The Morgan fingerprint density at radius 2 is 2.21 bits per heavy atom. The van der Waals surface area contributed by atoms with E-state index in [2.05, 4.69) is 9.72 Å². The van der Waals surface area contributed by atoms with Crippen molar-refractivity contribution in [3.05, 3.63) is 35.7 Å². The molecular formula is C9H7F2NO2. The van der Waals surface area contributed by atoms with Gasteiger partial charge in [-0.2, -0.15) is 13.8 Å². The number of aromatic nitrogens is 1. The normalized spacial score (nSPS) is 10.5. The van der Waals surface area contributed by atoms with Gasteiger partial charge < -0.3 is 4.74 Å². The molecule has 0 bridgehead atoms. The lowest BCUT2D eigenvalue weighted by Crippen LogP contribution is -1.95. The van der Waals surface area contributed by atoms with Crippen LogP contribution in [0.4, 0.5) is 8.78 Å². The second-order valence-corrected chi connectivity index (χ2v) is 2.37. The average molecular weight is 199 g/mol. The molecular weight excluding hydrogens is 192 g/mol. The van der Waals surface area contributed by atoms with Crippen molar-refractivity contribution in [3.8, 4) is 0 Å². The van der Waals surface area contributed by atoms with Gasteiger partial charge in [0.1, 0.15) is 0 Å². The molecule has 0 fully saturated rings. The number of esters is 1. The zero-order chi connectivity index (χ0) is 10.6. The van der Waals surface area contributed by atoms with E-state index in [4.69, 9.17) is 0 Å². The van der Waals surface area contributed by atoms with E-state index in [1.807, 2.05) is 0 Å². The minimum absolute atomic E-state index is 0.0248. The van der Waals surface area contributed by atoms with Crippen molar-refractivity contribution in [2.75, 3.05) is 7.11 Å². The Labute approximate surface area is 79.0 Å². The Morgan fingerprint density at radius 1 is 1.50 bits per heavy atom. The zero-order valence-electron chi connectivity index (χ0n) is 7.33. The van der Waals surface area contributed by atoms with Crippen LogP contribution in [-0.2, 0) is 9.53 Å². The zero-order valence-corrected chi connectivity index (χ0v) is 7.33. The second-order valence-electron chi connectivity index (χ2n) is 2.37. The summed E-state index contributed by atoms with van der Waals surface area (Å²) in [4.78, 5) is 13.6. The number of rotatable bonds is 2. The minimum atomic E-state index is -0.967. The van der Waals surface area contributed by atoms with Crippen molar-refractivity contribution >= 4 is 12.0 Å². The lowest BCUT2D eigenvalue weighted by Gasteiger charge is -1.95. The molecule has 0 aliphatic carbocycles. The lowest BCUT2D eigenvalue weighted by molar-refractivity contribution is -0.134. The summed E-state index contributed by atoms with van der Waals surface area (Å²) in [6.07, 6.45) is 2.19. The molecule has 0 atom stereocenters. The van der Waals surface area contributed by atoms with E-state index >= 15 is 0 Å². The number of halogens is 2. The van der Waals surface area contributed by atoms with Gasteiger partial charge in [0.15, 0.2) is 0 Å². The summed E-state index contributed by atoms with van der Waals surface area (Å²) < 4.78 is 29.5. The van der Waals surface area contributed by atoms with Gasteiger partial charge in [-0.25, -0.2) is 4.79 Å². The SMILES string of the molecule is COC(=O)C=Cc1ccc(F)nc1F. The maximum Gasteiger partial charge on any atom is 0.330 e. The number of carbonyl (C=O) groups excluding carboxylic acids is 1. The predicted octanol–water partition coefficient (Wildman–Crippen LogP) is 1.55. The van der Waals surface area contributed by atoms with Gasteiger partial charge in [0.25, 0.3) is 0 Å². The molecule has 3 nitrogen and oxygen atoms in total. The molecule has 1 aromatic heterocycles. The summed E-state index contributed by atoms with van der Waals surface area (Å²) in [5.41, 5.74) is 0.0248. The maximum atomic E-state index is 12.9. The Bertz CT molecular complexity index is 377. The molecule has 0 saturated carbocycles. The van der Waals surface area contributed by atoms with Gasteiger partial charge in [-0.1, -0.05) is 0 Å². The number of ether oxygens (including phenoxy) is 1. The van der Waals surface area contributed by atoms with E-state index in [-0.39, 0.29) is 5.56 Å². The predicted molar refractivity (Wildman–Crippen MR) is 45.2 cm³/mol. The van der Waals surface area contributed by atoms with Crippen molar-refractivity contribution in [2.45, 2.75) is 0 Å². The highest BCUT2D eigenvalue weighted by atomic mass is 19.1. The Kier molecular flexibility index (Phi) is 3.28. The largest absolute Gasteiger partial charge is 0.466 e. The molecule has 5 heteroatoms. The smallest absolute Gasteiger partial charge is 0.330 e. The number of hydrogen-bond donors (Lipinski definition) is 0. The van der Waals surface area contributed by atoms with Crippen LogP contribution >= 0.6 is 0 Å². The second kappa shape index (κ2) is 4.45. The average Bonchev–Trinajstić information content (AvgIpc) is 2.16. The third kappa shape index (κ3) is 2.62. The summed E-state index contributed by atoms with van der Waals surface area (Å²) >= 11 is 0. The van der Waals surface area contributed by atoms with E-state index in [9.17, 15) is 13.6 Å². The van der Waals surface area contributed by atoms with Crippen molar-refractivity contribution < 1.29 is 18.3 Å². The van der Waals surface area contributed by atoms with E-state index in [1.165, 1.54) is 13.2 Å². The molecule has 0 amide bonds. The third-order valence-corrected chi connectivity index (χ3v) is 1.44. The molecule has 0 N–H and O–H groups in total. The minimum Gasteiger partial charge on any atom is -0.466 e. The van der Waals surface area contributed by atoms with Gasteiger partial charge >= 0.3 is 5.97 Å². The molecule has 1 rings (SSSR count). The monoisotopic (exact) mass is 199 g/mol. The quantitative estimate of drug-likeness (QED) is 0.412. The Morgan fingerprint density at radius 3 is 2.79 bits per heavy atom. The molecule has 74 valence electrons. The van der Waals surface area contributed by atoms with Crippen LogP contribution in [0.2, 0.25) is 0 Å². The number of pyridine rings is 1. The Hall–Kier alpha value is -1.78. The van der Waals surface area contributed by atoms with Crippen molar-refractivity contribution in [3.63, 3.8) is 0 Å². The summed E-state index contributed by atoms with van der Waals surface area (Å²) in [7, 11) is 1.20. The van der Waals surface area contributed by atoms with Gasteiger partial charge in [-0.3, -0.25) is 0 Å². The summed E-state index contributed by atoms with van der Waals surface area (Å²) in [5.74, 6) is -2.49. The van der Waals surface area contributed by atoms with Crippen LogP contribution in [0.5, 0.6) is 0 Å². The van der Waals surface area contributed by atoms with E-state index in [0.717, 1.165) is 18.2 Å². The first kappa shape index (κ1) is 10.3. The number of nitrogens with zero attached hydrogens (tertiary/aromatic N) is 1. The van der Waals surface area contributed by atoms with Gasteiger partial charge in [-0.15, -0.1) is 0 Å². The van der Waals surface area contributed by atoms with Gasteiger partial charge in [0.2, 0.25) is 11.9 Å². The highest BCUT2D eigenvalue weighted by Crippen LogP contribution is 2.07. The first-order valence-electron chi connectivity index (χ1n) is 3.71. The molecule has 0 unspecified atom stereocenters. The van der Waals surface area contributed by atoms with Crippen molar-refractivity contribution in [2.24, 2.45) is 0 Å². The van der Waals surface area contributed by atoms with Crippen LogP contribution < -0.4 is 0 Å². The van der Waals surface area contributed by atoms with Crippen LogP contribution in [0.3, 0.4) is 0 Å². The first-order chi connectivity index (χ1) is 6.63. The van der Waals surface area contributed by atoms with Gasteiger partial charge in [0, 0.05) is 11.6 Å². The van der Waals surface area contributed by atoms with Crippen LogP contribution in [0.1, 0.15) is 5.56 Å². The topological polar surface area (TPSA) is 39.2 Å². The molecule has 0 aliphatic rings. The summed E-state index contributed by atoms with van der Waals surface area (Å²) in [6, 6.07) is 2.18. The van der Waals surface area contributed by atoms with E-state index in [0.29, 0.717) is 0 Å². The van der Waals surface area contributed by atoms with Crippen molar-refractivity contribution in [1.29, 1.82) is 0 Å². The number of carbonyl (C=O) groups is 1. The fourth-order valence-corrected chi connectivity index (χ4v) is 0.773. The molecule has 0 saturated heterocycles. The van der Waals surface area contributed by atoms with Crippen LogP contribution in [0.25, 0.3) is 6.08 Å². The van der Waals surface area contributed by atoms with E-state index in [1.54, 1.807) is 0 Å². The molecule has 0 aromatic carbocycles. The molecule has 1 heterocycles. The summed E-state index contributed by atoms with van der Waals surface area (Å²) in [5, 5.41) is 0. The lowest BCUT2D eigenvalue weighted by atomic mass is 10.2. The third-order valence-electron chi connectivity index (χ3n) is 1.44. The standard InChI is InChI=1S/C9H7F2NO2/c1-14-8(13)5-3-6-2-4-7(10)12-9(6)11/h2-5H,1H3. The molecule has 0 spiro atoms. The molecule has 14 heavy (non-hydrogen) atoms. The number of hydrogen-bond acceptors (Lipinski definition) is 3. The van der Waals surface area contributed by atoms with Crippen LogP contribution in [0, 0.1) is 11.9 Å².